The lowest BCUT2D eigenvalue weighted by molar-refractivity contribution is -0.160. The summed E-state index contributed by atoms with van der Waals surface area (Å²) in [6.07, 6.45) is 5.29. The van der Waals surface area contributed by atoms with Gasteiger partial charge in [0, 0.05) is 5.57 Å². The molecule has 0 amide bonds. The van der Waals surface area contributed by atoms with Gasteiger partial charge in [0.15, 0.2) is 0 Å². The first kappa shape index (κ1) is 17.9. The number of carboxylic acid groups (broad SMARTS) is 2. The van der Waals surface area contributed by atoms with Crippen molar-refractivity contribution in [3.63, 3.8) is 0 Å². The number of aliphatic carboxylic acids is 2. The molecule has 6 heteroatoms. The Morgan fingerprint density at radius 3 is 2.55 bits per heavy atom. The molecule has 0 aliphatic heterocycles. The van der Waals surface area contributed by atoms with Crippen LogP contribution < -0.4 is 0 Å². The molecule has 2 unspecified atom stereocenters. The molecule has 2 atom stereocenters. The van der Waals surface area contributed by atoms with Gasteiger partial charge in [0.05, 0.1) is 17.9 Å². The average Bonchev–Trinajstić information content (AvgIpc) is 2.46. The minimum Gasteiger partial charge on any atom is -0.481 e. The first-order valence-electron chi connectivity index (χ1n) is 7.28. The molecule has 1 rings (SSSR count). The van der Waals surface area contributed by atoms with E-state index in [-0.39, 0.29) is 13.0 Å². The highest BCUT2D eigenvalue weighted by Crippen LogP contribution is 2.41. The molecule has 0 spiro atoms. The van der Waals surface area contributed by atoms with E-state index in [4.69, 9.17) is 4.74 Å². The van der Waals surface area contributed by atoms with Gasteiger partial charge in [-0.1, -0.05) is 18.7 Å². The van der Waals surface area contributed by atoms with Crippen molar-refractivity contribution in [2.45, 2.75) is 39.0 Å². The molecule has 0 fully saturated rings. The normalized spacial score (nSPS) is 23.8. The summed E-state index contributed by atoms with van der Waals surface area (Å²) in [4.78, 5) is 34.2. The van der Waals surface area contributed by atoms with Gasteiger partial charge < -0.3 is 14.9 Å². The third-order valence-corrected chi connectivity index (χ3v) is 3.92. The summed E-state index contributed by atoms with van der Waals surface area (Å²) in [5.41, 5.74) is -1.06. The Morgan fingerprint density at radius 2 is 2.00 bits per heavy atom. The number of ether oxygens (including phenoxy) is 1. The lowest BCUT2D eigenvalue weighted by atomic mass is 9.67. The smallest absolute Gasteiger partial charge is 0.333 e. The number of carbonyl (C=O) groups excluding carboxylic acids is 1. The summed E-state index contributed by atoms with van der Waals surface area (Å²) in [7, 11) is 0. The third kappa shape index (κ3) is 4.19. The molecule has 6 nitrogen and oxygen atoms in total. The van der Waals surface area contributed by atoms with Gasteiger partial charge in [-0.15, -0.1) is 0 Å². The SMILES string of the molecule is C=C(C)C(=O)OCCCCC1(C(=O)O)C=CCCC1C(=O)O. The van der Waals surface area contributed by atoms with Crippen molar-refractivity contribution in [3.8, 4) is 0 Å². The quantitative estimate of drug-likeness (QED) is 0.309. The molecule has 2 N–H and O–H groups in total. The van der Waals surface area contributed by atoms with Crippen LogP contribution in [0.3, 0.4) is 0 Å². The van der Waals surface area contributed by atoms with Gasteiger partial charge in [0.1, 0.15) is 0 Å². The van der Waals surface area contributed by atoms with Crippen molar-refractivity contribution in [2.24, 2.45) is 11.3 Å². The van der Waals surface area contributed by atoms with Crippen LogP contribution in [-0.2, 0) is 19.1 Å². The highest BCUT2D eigenvalue weighted by molar-refractivity contribution is 5.87. The summed E-state index contributed by atoms with van der Waals surface area (Å²) >= 11 is 0. The summed E-state index contributed by atoms with van der Waals surface area (Å²) in [6, 6.07) is 0. The standard InChI is InChI=1S/C16H22O6/c1-11(2)14(19)22-10-6-5-9-16(15(20)21)8-4-3-7-12(16)13(17)18/h4,8,12H,1,3,5-7,9-10H2,2H3,(H,17,18)(H,20,21). The van der Waals surface area contributed by atoms with E-state index in [9.17, 15) is 24.6 Å². The van der Waals surface area contributed by atoms with E-state index >= 15 is 0 Å². The molecule has 0 aromatic heterocycles. The largest absolute Gasteiger partial charge is 0.481 e. The molecular formula is C16H22O6. The lowest BCUT2D eigenvalue weighted by Gasteiger charge is -2.34. The summed E-state index contributed by atoms with van der Waals surface area (Å²) in [5, 5.41) is 18.8. The van der Waals surface area contributed by atoms with Gasteiger partial charge in [-0.05, 0) is 39.0 Å². The number of carboxylic acids is 2. The number of unbranched alkanes of at least 4 members (excludes halogenated alkanes) is 1. The number of carbonyl (C=O) groups is 3. The fourth-order valence-corrected chi connectivity index (χ4v) is 2.67. The van der Waals surface area contributed by atoms with Crippen LogP contribution >= 0.6 is 0 Å². The second-order valence-corrected chi connectivity index (χ2v) is 5.59. The Bertz CT molecular complexity index is 493. The summed E-state index contributed by atoms with van der Waals surface area (Å²) < 4.78 is 4.94. The molecule has 22 heavy (non-hydrogen) atoms. The summed E-state index contributed by atoms with van der Waals surface area (Å²) in [5.74, 6) is -3.60. The number of esters is 1. The Labute approximate surface area is 129 Å². The Morgan fingerprint density at radius 1 is 1.32 bits per heavy atom. The topological polar surface area (TPSA) is 101 Å². The second kappa shape index (κ2) is 7.77. The van der Waals surface area contributed by atoms with Crippen LogP contribution in [0.15, 0.2) is 24.3 Å². The van der Waals surface area contributed by atoms with Crippen molar-refractivity contribution in [3.05, 3.63) is 24.3 Å². The van der Waals surface area contributed by atoms with Gasteiger partial charge in [-0.2, -0.15) is 0 Å². The van der Waals surface area contributed by atoms with E-state index in [1.807, 2.05) is 0 Å². The molecular weight excluding hydrogens is 288 g/mol. The highest BCUT2D eigenvalue weighted by Gasteiger charge is 2.48. The average molecular weight is 310 g/mol. The number of allylic oxidation sites excluding steroid dienone is 1. The first-order valence-corrected chi connectivity index (χ1v) is 7.28. The minimum atomic E-state index is -1.37. The minimum absolute atomic E-state index is 0.169. The zero-order valence-electron chi connectivity index (χ0n) is 12.7. The van der Waals surface area contributed by atoms with E-state index in [1.54, 1.807) is 13.0 Å². The lowest BCUT2D eigenvalue weighted by Crippen LogP contribution is -2.42. The molecule has 0 heterocycles. The monoisotopic (exact) mass is 310 g/mol. The van der Waals surface area contributed by atoms with Crippen LogP contribution in [0, 0.1) is 11.3 Å². The Balaban J connectivity index is 2.61. The van der Waals surface area contributed by atoms with Crippen LogP contribution in [0.4, 0.5) is 0 Å². The second-order valence-electron chi connectivity index (χ2n) is 5.59. The van der Waals surface area contributed by atoms with Crippen molar-refractivity contribution >= 4 is 17.9 Å². The van der Waals surface area contributed by atoms with Crippen LogP contribution in [0.25, 0.3) is 0 Å². The fourth-order valence-electron chi connectivity index (χ4n) is 2.67. The van der Waals surface area contributed by atoms with Crippen molar-refractivity contribution in [1.82, 2.24) is 0 Å². The first-order chi connectivity index (χ1) is 10.3. The number of hydrogen-bond acceptors (Lipinski definition) is 4. The van der Waals surface area contributed by atoms with Gasteiger partial charge >= 0.3 is 17.9 Å². The van der Waals surface area contributed by atoms with Crippen LogP contribution in [0.2, 0.25) is 0 Å². The molecule has 1 aliphatic rings. The maximum atomic E-state index is 11.6. The molecule has 0 saturated carbocycles. The zero-order valence-corrected chi connectivity index (χ0v) is 12.7. The maximum absolute atomic E-state index is 11.6. The van der Waals surface area contributed by atoms with E-state index in [2.05, 4.69) is 6.58 Å². The maximum Gasteiger partial charge on any atom is 0.333 e. The molecule has 0 radical (unpaired) electrons. The highest BCUT2D eigenvalue weighted by atomic mass is 16.5. The van der Waals surface area contributed by atoms with E-state index in [0.717, 1.165) is 0 Å². The Kier molecular flexibility index (Phi) is 6.34. The number of rotatable bonds is 8. The fraction of sp³-hybridized carbons (Fsp3) is 0.562. The van der Waals surface area contributed by atoms with Crippen molar-refractivity contribution in [1.29, 1.82) is 0 Å². The van der Waals surface area contributed by atoms with Crippen LogP contribution in [0.1, 0.15) is 39.0 Å². The zero-order chi connectivity index (χ0) is 16.8. The molecule has 0 saturated heterocycles. The van der Waals surface area contributed by atoms with Crippen molar-refractivity contribution in [2.75, 3.05) is 6.61 Å². The van der Waals surface area contributed by atoms with Crippen LogP contribution in [0.5, 0.6) is 0 Å². The van der Waals surface area contributed by atoms with Crippen LogP contribution in [-0.4, -0.2) is 34.7 Å². The van der Waals surface area contributed by atoms with Gasteiger partial charge in [-0.25, -0.2) is 4.79 Å². The van der Waals surface area contributed by atoms with E-state index in [1.165, 1.54) is 6.08 Å². The predicted octanol–water partition coefficient (Wildman–Crippen LogP) is 2.40. The van der Waals surface area contributed by atoms with Gasteiger partial charge in [0.2, 0.25) is 0 Å². The third-order valence-electron chi connectivity index (χ3n) is 3.92. The molecule has 0 aromatic rings. The van der Waals surface area contributed by atoms with Gasteiger partial charge in [0.25, 0.3) is 0 Å². The van der Waals surface area contributed by atoms with Crippen molar-refractivity contribution < 1.29 is 29.3 Å². The molecule has 0 aromatic carbocycles. The Hall–Kier alpha value is -2.11. The molecule has 1 aliphatic carbocycles. The number of hydrogen-bond donors (Lipinski definition) is 2. The molecule has 0 bridgehead atoms. The molecule has 122 valence electrons. The van der Waals surface area contributed by atoms with Gasteiger partial charge in [-0.3, -0.25) is 9.59 Å². The predicted molar refractivity (Wildman–Crippen MR) is 79.2 cm³/mol. The van der Waals surface area contributed by atoms with E-state index in [0.29, 0.717) is 31.3 Å². The summed E-state index contributed by atoms with van der Waals surface area (Å²) in [6.45, 7) is 5.18. The van der Waals surface area contributed by atoms with E-state index < -0.39 is 29.2 Å².